The Bertz CT molecular complexity index is 407. The first kappa shape index (κ1) is 13.4. The summed E-state index contributed by atoms with van der Waals surface area (Å²) in [6.45, 7) is 7.19. The smallest absolute Gasteiger partial charge is 0.235 e. The summed E-state index contributed by atoms with van der Waals surface area (Å²) < 4.78 is 0. The van der Waals surface area contributed by atoms with Gasteiger partial charge < -0.3 is 5.32 Å². The fourth-order valence-corrected chi connectivity index (χ4v) is 1.81. The van der Waals surface area contributed by atoms with Gasteiger partial charge in [0, 0.05) is 5.69 Å². The molecule has 0 aliphatic heterocycles. The predicted molar refractivity (Wildman–Crippen MR) is 68.8 cm³/mol. The van der Waals surface area contributed by atoms with Crippen molar-refractivity contribution >= 4 is 17.4 Å². The largest absolute Gasteiger partial charge is 0.325 e. The van der Waals surface area contributed by atoms with E-state index in [-0.39, 0.29) is 17.6 Å². The molecule has 17 heavy (non-hydrogen) atoms. The topological polar surface area (TPSA) is 46.2 Å². The van der Waals surface area contributed by atoms with E-state index >= 15 is 0 Å². The van der Waals surface area contributed by atoms with Crippen LogP contribution in [0.3, 0.4) is 0 Å². The number of carbonyl (C=O) groups is 2. The second kappa shape index (κ2) is 5.62. The van der Waals surface area contributed by atoms with Crippen molar-refractivity contribution in [1.82, 2.24) is 0 Å². The monoisotopic (exact) mass is 233 g/mol. The zero-order valence-electron chi connectivity index (χ0n) is 10.8. The summed E-state index contributed by atoms with van der Waals surface area (Å²) in [4.78, 5) is 23.4. The number of carbonyl (C=O) groups excluding carboxylic acids is 2. The molecule has 0 saturated carbocycles. The number of Topliss-reactive ketones (excluding diaryl/α,β-unsaturated/α-hetero) is 1. The zero-order valence-corrected chi connectivity index (χ0v) is 10.8. The van der Waals surface area contributed by atoms with Gasteiger partial charge in [-0.15, -0.1) is 0 Å². The van der Waals surface area contributed by atoms with Crippen LogP contribution in [0.5, 0.6) is 0 Å². The average molecular weight is 233 g/mol. The molecule has 92 valence electrons. The Kier molecular flexibility index (Phi) is 4.44. The lowest BCUT2D eigenvalue weighted by molar-refractivity contribution is -0.131. The number of rotatable bonds is 4. The lowest BCUT2D eigenvalue weighted by Gasteiger charge is -2.17. The maximum Gasteiger partial charge on any atom is 0.235 e. The SMILES string of the molecule is CC(=O)C(C(=O)Nc1ccc(C)cc1)C(C)C. The van der Waals surface area contributed by atoms with E-state index in [2.05, 4.69) is 5.32 Å². The highest BCUT2D eigenvalue weighted by Gasteiger charge is 2.26. The third-order valence-corrected chi connectivity index (χ3v) is 2.71. The molecule has 0 aliphatic rings. The van der Waals surface area contributed by atoms with Gasteiger partial charge >= 0.3 is 0 Å². The van der Waals surface area contributed by atoms with Crippen molar-refractivity contribution in [3.63, 3.8) is 0 Å². The Morgan fingerprint density at radius 1 is 1.12 bits per heavy atom. The molecule has 0 spiro atoms. The highest BCUT2D eigenvalue weighted by molar-refractivity contribution is 6.06. The van der Waals surface area contributed by atoms with Crippen LogP contribution in [0, 0.1) is 18.8 Å². The number of anilines is 1. The quantitative estimate of drug-likeness (QED) is 0.813. The molecule has 0 bridgehead atoms. The van der Waals surface area contributed by atoms with Crippen LogP contribution in [0.4, 0.5) is 5.69 Å². The molecule has 1 unspecified atom stereocenters. The molecule has 0 fully saturated rings. The van der Waals surface area contributed by atoms with E-state index in [0.29, 0.717) is 0 Å². The molecule has 1 atom stereocenters. The minimum Gasteiger partial charge on any atom is -0.325 e. The number of hydrogen-bond acceptors (Lipinski definition) is 2. The van der Waals surface area contributed by atoms with E-state index in [1.807, 2.05) is 45.0 Å². The third kappa shape index (κ3) is 3.70. The van der Waals surface area contributed by atoms with Gasteiger partial charge in [0.25, 0.3) is 0 Å². The predicted octanol–water partition coefficient (Wildman–Crippen LogP) is 2.79. The number of nitrogens with one attached hydrogen (secondary N) is 1. The molecule has 0 radical (unpaired) electrons. The zero-order chi connectivity index (χ0) is 13.0. The summed E-state index contributed by atoms with van der Waals surface area (Å²) in [7, 11) is 0. The molecule has 1 aromatic carbocycles. The Balaban J connectivity index is 2.77. The summed E-state index contributed by atoms with van der Waals surface area (Å²) >= 11 is 0. The van der Waals surface area contributed by atoms with Crippen molar-refractivity contribution in [2.45, 2.75) is 27.7 Å². The minimum absolute atomic E-state index is 0.0120. The lowest BCUT2D eigenvalue weighted by atomic mass is 9.91. The van der Waals surface area contributed by atoms with Gasteiger partial charge in [-0.1, -0.05) is 31.5 Å². The Morgan fingerprint density at radius 2 is 1.65 bits per heavy atom. The summed E-state index contributed by atoms with van der Waals surface area (Å²) in [5.41, 5.74) is 1.86. The minimum atomic E-state index is -0.573. The molecule has 0 aromatic heterocycles. The molecule has 0 saturated heterocycles. The van der Waals surface area contributed by atoms with Gasteiger partial charge in [0.2, 0.25) is 5.91 Å². The van der Waals surface area contributed by atoms with Crippen molar-refractivity contribution in [3.05, 3.63) is 29.8 Å². The van der Waals surface area contributed by atoms with Gasteiger partial charge in [0.15, 0.2) is 0 Å². The van der Waals surface area contributed by atoms with Crippen LogP contribution in [0.25, 0.3) is 0 Å². The standard InChI is InChI=1S/C14H19NO2/c1-9(2)13(11(4)16)14(17)15-12-7-5-10(3)6-8-12/h5-9,13H,1-4H3,(H,15,17). The van der Waals surface area contributed by atoms with E-state index in [0.717, 1.165) is 11.3 Å². The molecular formula is C14H19NO2. The lowest BCUT2D eigenvalue weighted by Crippen LogP contribution is -2.32. The van der Waals surface area contributed by atoms with E-state index in [9.17, 15) is 9.59 Å². The van der Waals surface area contributed by atoms with Crippen LogP contribution >= 0.6 is 0 Å². The van der Waals surface area contributed by atoms with Gasteiger partial charge in [-0.25, -0.2) is 0 Å². The van der Waals surface area contributed by atoms with Gasteiger partial charge in [-0.2, -0.15) is 0 Å². The normalized spacial score (nSPS) is 12.3. The molecule has 0 aliphatic carbocycles. The summed E-state index contributed by atoms with van der Waals surface area (Å²) in [6.07, 6.45) is 0. The number of benzene rings is 1. The van der Waals surface area contributed by atoms with E-state index in [4.69, 9.17) is 0 Å². The number of hydrogen-bond donors (Lipinski definition) is 1. The van der Waals surface area contributed by atoms with Gasteiger partial charge in [0.05, 0.1) is 5.92 Å². The molecule has 1 rings (SSSR count). The molecule has 3 nitrogen and oxygen atoms in total. The fourth-order valence-electron chi connectivity index (χ4n) is 1.81. The first-order valence-corrected chi connectivity index (χ1v) is 5.79. The first-order valence-electron chi connectivity index (χ1n) is 5.79. The van der Waals surface area contributed by atoms with Crippen LogP contribution in [-0.2, 0) is 9.59 Å². The molecular weight excluding hydrogens is 214 g/mol. The summed E-state index contributed by atoms with van der Waals surface area (Å²) in [6, 6.07) is 7.52. The molecule has 1 aromatic rings. The van der Waals surface area contributed by atoms with Gasteiger partial charge in [0.1, 0.15) is 5.78 Å². The molecule has 3 heteroatoms. The van der Waals surface area contributed by atoms with E-state index in [1.165, 1.54) is 6.92 Å². The van der Waals surface area contributed by atoms with Crippen LogP contribution in [0.1, 0.15) is 26.3 Å². The highest BCUT2D eigenvalue weighted by atomic mass is 16.2. The van der Waals surface area contributed by atoms with Crippen LogP contribution < -0.4 is 5.32 Å². The first-order chi connectivity index (χ1) is 7.91. The Labute approximate surface area is 102 Å². The van der Waals surface area contributed by atoms with Crippen molar-refractivity contribution < 1.29 is 9.59 Å². The second-order valence-corrected chi connectivity index (χ2v) is 4.69. The van der Waals surface area contributed by atoms with Crippen molar-refractivity contribution in [2.75, 3.05) is 5.32 Å². The third-order valence-electron chi connectivity index (χ3n) is 2.71. The maximum atomic E-state index is 11.9. The van der Waals surface area contributed by atoms with Crippen molar-refractivity contribution in [3.8, 4) is 0 Å². The Morgan fingerprint density at radius 3 is 2.06 bits per heavy atom. The van der Waals surface area contributed by atoms with E-state index in [1.54, 1.807) is 0 Å². The van der Waals surface area contributed by atoms with Gasteiger partial charge in [-0.05, 0) is 31.9 Å². The fraction of sp³-hybridized carbons (Fsp3) is 0.429. The number of aryl methyl sites for hydroxylation is 1. The summed E-state index contributed by atoms with van der Waals surface area (Å²) in [5.74, 6) is -0.879. The molecule has 1 N–H and O–H groups in total. The van der Waals surface area contributed by atoms with Crippen LogP contribution in [0.15, 0.2) is 24.3 Å². The average Bonchev–Trinajstić information content (AvgIpc) is 2.20. The Hall–Kier alpha value is -1.64. The second-order valence-electron chi connectivity index (χ2n) is 4.69. The van der Waals surface area contributed by atoms with Crippen molar-refractivity contribution in [1.29, 1.82) is 0 Å². The van der Waals surface area contributed by atoms with Crippen molar-refractivity contribution in [2.24, 2.45) is 11.8 Å². The molecule has 0 heterocycles. The van der Waals surface area contributed by atoms with Crippen LogP contribution in [0.2, 0.25) is 0 Å². The number of ketones is 1. The van der Waals surface area contributed by atoms with E-state index < -0.39 is 5.92 Å². The number of amides is 1. The maximum absolute atomic E-state index is 11.9. The highest BCUT2D eigenvalue weighted by Crippen LogP contribution is 2.16. The molecule has 1 amide bonds. The summed E-state index contributed by atoms with van der Waals surface area (Å²) in [5, 5.41) is 2.77. The van der Waals surface area contributed by atoms with Gasteiger partial charge in [-0.3, -0.25) is 9.59 Å². The van der Waals surface area contributed by atoms with Crippen LogP contribution in [-0.4, -0.2) is 11.7 Å².